The lowest BCUT2D eigenvalue weighted by atomic mass is 9.89. The molecule has 116 valence electrons. The smallest absolute Gasteiger partial charge is 0.354 e. The van der Waals surface area contributed by atoms with E-state index in [1.807, 2.05) is 6.07 Å². The van der Waals surface area contributed by atoms with Crippen LogP contribution in [0.3, 0.4) is 0 Å². The van der Waals surface area contributed by atoms with Gasteiger partial charge in [-0.2, -0.15) is 0 Å². The van der Waals surface area contributed by atoms with Crippen molar-refractivity contribution in [3.8, 4) is 0 Å². The van der Waals surface area contributed by atoms with Crippen LogP contribution in [0.15, 0.2) is 18.2 Å². The zero-order valence-electron chi connectivity index (χ0n) is 12.7. The molecule has 0 aromatic carbocycles. The normalized spacial score (nSPS) is 22.2. The Kier molecular flexibility index (Phi) is 5.56. The Morgan fingerprint density at radius 3 is 2.90 bits per heavy atom. The van der Waals surface area contributed by atoms with Gasteiger partial charge in [-0.15, -0.1) is 0 Å². The van der Waals surface area contributed by atoms with Crippen molar-refractivity contribution in [3.63, 3.8) is 0 Å². The summed E-state index contributed by atoms with van der Waals surface area (Å²) in [6.07, 6.45) is 4.41. The molecule has 1 aliphatic heterocycles. The largest absolute Gasteiger partial charge is 0.477 e. The van der Waals surface area contributed by atoms with Gasteiger partial charge < -0.3 is 15.2 Å². The van der Waals surface area contributed by atoms with Crippen LogP contribution < -0.4 is 5.32 Å². The second kappa shape index (κ2) is 7.41. The van der Waals surface area contributed by atoms with Gasteiger partial charge in [0, 0.05) is 12.6 Å². The second-order valence-electron chi connectivity index (χ2n) is 5.56. The van der Waals surface area contributed by atoms with Crippen molar-refractivity contribution in [1.82, 2.24) is 4.98 Å². The maximum Gasteiger partial charge on any atom is 0.354 e. The number of carboxylic acid groups (broad SMARTS) is 1. The second-order valence-corrected chi connectivity index (χ2v) is 5.56. The van der Waals surface area contributed by atoms with Gasteiger partial charge in [0.25, 0.3) is 0 Å². The third-order valence-electron chi connectivity index (χ3n) is 4.21. The zero-order valence-corrected chi connectivity index (χ0v) is 12.7. The zero-order chi connectivity index (χ0) is 15.2. The minimum absolute atomic E-state index is 0.0728. The standard InChI is InChI=1S/C16H24N2O3/c1-3-11(4-2)14-10-12(8-9-21-14)17-15-7-5-6-13(18-15)16(19)20/h5-7,11-12,14H,3-4,8-10H2,1-2H3,(H,17,18)(H,19,20). The van der Waals surface area contributed by atoms with E-state index in [0.29, 0.717) is 17.8 Å². The topological polar surface area (TPSA) is 71.5 Å². The van der Waals surface area contributed by atoms with E-state index in [0.717, 1.165) is 32.3 Å². The van der Waals surface area contributed by atoms with Crippen LogP contribution in [0, 0.1) is 5.92 Å². The van der Waals surface area contributed by atoms with Crippen molar-refractivity contribution in [1.29, 1.82) is 0 Å². The molecule has 0 saturated carbocycles. The molecular weight excluding hydrogens is 268 g/mol. The molecule has 1 aliphatic rings. The SMILES string of the molecule is CCC(CC)C1CC(Nc2cccc(C(=O)O)n2)CCO1. The van der Waals surface area contributed by atoms with Crippen LogP contribution in [-0.2, 0) is 4.74 Å². The fourth-order valence-electron chi connectivity index (χ4n) is 2.95. The highest BCUT2D eigenvalue weighted by Gasteiger charge is 2.27. The fourth-order valence-corrected chi connectivity index (χ4v) is 2.95. The van der Waals surface area contributed by atoms with Gasteiger partial charge in [0.15, 0.2) is 5.69 Å². The summed E-state index contributed by atoms with van der Waals surface area (Å²) in [4.78, 5) is 15.1. The summed E-state index contributed by atoms with van der Waals surface area (Å²) in [7, 11) is 0. The van der Waals surface area contributed by atoms with Gasteiger partial charge in [-0.25, -0.2) is 9.78 Å². The first-order valence-electron chi connectivity index (χ1n) is 7.72. The molecule has 0 aliphatic carbocycles. The van der Waals surface area contributed by atoms with Crippen LogP contribution in [0.5, 0.6) is 0 Å². The number of ether oxygens (including phenoxy) is 1. The number of aromatic nitrogens is 1. The maximum atomic E-state index is 11.0. The van der Waals surface area contributed by atoms with Gasteiger partial charge in [0.2, 0.25) is 0 Å². The molecule has 0 amide bonds. The van der Waals surface area contributed by atoms with Crippen molar-refractivity contribution in [3.05, 3.63) is 23.9 Å². The van der Waals surface area contributed by atoms with Crippen molar-refractivity contribution in [2.24, 2.45) is 5.92 Å². The summed E-state index contributed by atoms with van der Waals surface area (Å²) in [5.41, 5.74) is 0.0728. The maximum absolute atomic E-state index is 11.0. The molecule has 21 heavy (non-hydrogen) atoms. The third-order valence-corrected chi connectivity index (χ3v) is 4.21. The van der Waals surface area contributed by atoms with Crippen LogP contribution in [0.2, 0.25) is 0 Å². The van der Waals surface area contributed by atoms with Crippen molar-refractivity contribution in [2.75, 3.05) is 11.9 Å². The van der Waals surface area contributed by atoms with E-state index in [1.165, 1.54) is 6.07 Å². The first kappa shape index (κ1) is 15.8. The highest BCUT2D eigenvalue weighted by atomic mass is 16.5. The van der Waals surface area contributed by atoms with Gasteiger partial charge in [-0.1, -0.05) is 32.8 Å². The fraction of sp³-hybridized carbons (Fsp3) is 0.625. The van der Waals surface area contributed by atoms with E-state index < -0.39 is 5.97 Å². The van der Waals surface area contributed by atoms with E-state index >= 15 is 0 Å². The summed E-state index contributed by atoms with van der Waals surface area (Å²) in [6.45, 7) is 5.15. The molecule has 1 saturated heterocycles. The quantitative estimate of drug-likeness (QED) is 0.842. The third kappa shape index (κ3) is 4.17. The average Bonchev–Trinajstić information content (AvgIpc) is 2.49. The van der Waals surface area contributed by atoms with E-state index in [4.69, 9.17) is 9.84 Å². The van der Waals surface area contributed by atoms with E-state index in [9.17, 15) is 4.79 Å². The number of anilines is 1. The number of carbonyl (C=O) groups is 1. The predicted molar refractivity (Wildman–Crippen MR) is 81.7 cm³/mol. The molecule has 0 bridgehead atoms. The number of nitrogens with one attached hydrogen (secondary N) is 1. The molecule has 5 nitrogen and oxygen atoms in total. The number of carboxylic acids is 1. The molecule has 2 heterocycles. The highest BCUT2D eigenvalue weighted by molar-refractivity contribution is 5.85. The molecule has 5 heteroatoms. The summed E-state index contributed by atoms with van der Waals surface area (Å²) in [5.74, 6) is 0.221. The molecular formula is C16H24N2O3. The van der Waals surface area contributed by atoms with Crippen LogP contribution in [-0.4, -0.2) is 34.8 Å². The summed E-state index contributed by atoms with van der Waals surface area (Å²) < 4.78 is 5.90. The highest BCUT2D eigenvalue weighted by Crippen LogP contribution is 2.26. The number of hydrogen-bond acceptors (Lipinski definition) is 4. The monoisotopic (exact) mass is 292 g/mol. The molecule has 1 aromatic heterocycles. The van der Waals surface area contributed by atoms with Crippen LogP contribution in [0.4, 0.5) is 5.82 Å². The molecule has 1 aromatic rings. The number of aromatic carboxylic acids is 1. The molecule has 0 radical (unpaired) electrons. The Labute approximate surface area is 125 Å². The molecule has 2 unspecified atom stereocenters. The predicted octanol–water partition coefficient (Wildman–Crippen LogP) is 3.18. The van der Waals surface area contributed by atoms with Gasteiger partial charge >= 0.3 is 5.97 Å². The molecule has 2 rings (SSSR count). The Morgan fingerprint density at radius 1 is 1.48 bits per heavy atom. The van der Waals surface area contributed by atoms with E-state index in [2.05, 4.69) is 24.1 Å². The molecule has 2 N–H and O–H groups in total. The Morgan fingerprint density at radius 2 is 2.24 bits per heavy atom. The summed E-state index contributed by atoms with van der Waals surface area (Å²) in [5, 5.41) is 12.3. The first-order valence-corrected chi connectivity index (χ1v) is 7.72. The van der Waals surface area contributed by atoms with Crippen molar-refractivity contribution < 1.29 is 14.6 Å². The van der Waals surface area contributed by atoms with E-state index in [1.54, 1.807) is 6.07 Å². The lowest BCUT2D eigenvalue weighted by molar-refractivity contribution is -0.0271. The van der Waals surface area contributed by atoms with Gasteiger partial charge in [0.1, 0.15) is 5.82 Å². The number of nitrogens with zero attached hydrogens (tertiary/aromatic N) is 1. The molecule has 2 atom stereocenters. The van der Waals surface area contributed by atoms with Crippen LogP contribution in [0.25, 0.3) is 0 Å². The molecule has 1 fully saturated rings. The van der Waals surface area contributed by atoms with Gasteiger partial charge in [0.05, 0.1) is 6.10 Å². The Balaban J connectivity index is 1.99. The summed E-state index contributed by atoms with van der Waals surface area (Å²) >= 11 is 0. The lowest BCUT2D eigenvalue weighted by Gasteiger charge is -2.34. The number of hydrogen-bond donors (Lipinski definition) is 2. The molecule has 0 spiro atoms. The van der Waals surface area contributed by atoms with E-state index in [-0.39, 0.29) is 11.8 Å². The number of pyridine rings is 1. The van der Waals surface area contributed by atoms with Gasteiger partial charge in [-0.3, -0.25) is 0 Å². The Bertz CT molecular complexity index is 474. The van der Waals surface area contributed by atoms with Crippen LogP contribution in [0.1, 0.15) is 50.0 Å². The summed E-state index contributed by atoms with van der Waals surface area (Å²) in [6, 6.07) is 5.33. The van der Waals surface area contributed by atoms with Crippen LogP contribution >= 0.6 is 0 Å². The minimum Gasteiger partial charge on any atom is -0.477 e. The lowest BCUT2D eigenvalue weighted by Crippen LogP contribution is -2.38. The average molecular weight is 292 g/mol. The Hall–Kier alpha value is -1.62. The number of rotatable bonds is 6. The van der Waals surface area contributed by atoms with Crippen molar-refractivity contribution in [2.45, 2.75) is 51.7 Å². The van der Waals surface area contributed by atoms with Gasteiger partial charge in [-0.05, 0) is 30.9 Å². The van der Waals surface area contributed by atoms with Crippen molar-refractivity contribution >= 4 is 11.8 Å². The first-order chi connectivity index (χ1) is 10.1. The minimum atomic E-state index is -1.000.